The van der Waals surface area contributed by atoms with Crippen LogP contribution >= 0.6 is 22.6 Å². The van der Waals surface area contributed by atoms with Crippen molar-refractivity contribution in [3.63, 3.8) is 0 Å². The number of nitrogens with zero attached hydrogens (tertiary/aromatic N) is 1. The zero-order chi connectivity index (χ0) is 15.7. The molecular weight excluding hydrogens is 383 g/mol. The molecule has 1 heterocycles. The summed E-state index contributed by atoms with van der Waals surface area (Å²) in [6.45, 7) is 10.7. The zero-order valence-electron chi connectivity index (χ0n) is 14.1. The number of piperidine rings is 1. The highest BCUT2D eigenvalue weighted by Gasteiger charge is 2.38. The van der Waals surface area contributed by atoms with E-state index in [2.05, 4.69) is 77.8 Å². The largest absolute Gasteiger partial charge is 0.313 e. The summed E-state index contributed by atoms with van der Waals surface area (Å²) in [6, 6.07) is 9.79. The maximum Gasteiger partial charge on any atom is 0.0143 e. The van der Waals surface area contributed by atoms with Gasteiger partial charge in [0.2, 0.25) is 0 Å². The highest BCUT2D eigenvalue weighted by molar-refractivity contribution is 14.1. The molecule has 3 heteroatoms. The van der Waals surface area contributed by atoms with E-state index in [0.717, 1.165) is 17.9 Å². The summed E-state index contributed by atoms with van der Waals surface area (Å²) >= 11 is 2.38. The first-order valence-corrected chi connectivity index (χ1v) is 9.75. The van der Waals surface area contributed by atoms with Crippen LogP contribution in [-0.2, 0) is 0 Å². The molecule has 22 heavy (non-hydrogen) atoms. The Balaban J connectivity index is 1.39. The fourth-order valence-corrected chi connectivity index (χ4v) is 3.98. The van der Waals surface area contributed by atoms with Gasteiger partial charge in [-0.05, 0) is 106 Å². The lowest BCUT2D eigenvalue weighted by Crippen LogP contribution is -2.47. The Labute approximate surface area is 149 Å². The van der Waals surface area contributed by atoms with Crippen molar-refractivity contribution < 1.29 is 0 Å². The van der Waals surface area contributed by atoms with Gasteiger partial charge in [0.05, 0.1) is 0 Å². The van der Waals surface area contributed by atoms with Gasteiger partial charge in [0.15, 0.2) is 0 Å². The van der Waals surface area contributed by atoms with E-state index in [1.807, 2.05) is 0 Å². The summed E-state index contributed by atoms with van der Waals surface area (Å²) < 4.78 is 1.33. The number of halogens is 1. The second kappa shape index (κ2) is 6.78. The minimum atomic E-state index is 0.338. The number of rotatable bonds is 4. The molecule has 1 aromatic rings. The molecule has 1 aromatic carbocycles. The van der Waals surface area contributed by atoms with Crippen molar-refractivity contribution in [3.8, 4) is 0 Å². The van der Waals surface area contributed by atoms with E-state index < -0.39 is 0 Å². The van der Waals surface area contributed by atoms with Gasteiger partial charge in [0, 0.05) is 21.1 Å². The minimum Gasteiger partial charge on any atom is -0.313 e. The third-order valence-corrected chi connectivity index (χ3v) is 6.04. The molecule has 122 valence electrons. The number of likely N-dealkylation sites (tertiary alicyclic amines) is 1. The van der Waals surface area contributed by atoms with Crippen LogP contribution in [0, 0.1) is 9.49 Å². The van der Waals surface area contributed by atoms with E-state index in [1.54, 1.807) is 0 Å². The zero-order valence-corrected chi connectivity index (χ0v) is 16.3. The molecule has 1 saturated heterocycles. The molecule has 1 N–H and O–H groups in total. The summed E-state index contributed by atoms with van der Waals surface area (Å²) in [7, 11) is 0. The van der Waals surface area contributed by atoms with Crippen LogP contribution in [0.15, 0.2) is 24.3 Å². The van der Waals surface area contributed by atoms with Crippen molar-refractivity contribution in [1.82, 2.24) is 10.2 Å². The van der Waals surface area contributed by atoms with Crippen molar-refractivity contribution in [3.05, 3.63) is 33.4 Å². The SMILES string of the molecule is CC(C)(C)N1CCC(CN[C@@H]2C[C@H]2c2ccc(I)cc2)CC1. The standard InChI is InChI=1S/C19H29IN2/c1-19(2,3)22-10-8-14(9-11-22)13-21-18-12-17(18)15-4-6-16(20)7-5-15/h4-7,14,17-18,21H,8-13H2,1-3H3/t17-,18+/m0/s1. The fraction of sp³-hybridized carbons (Fsp3) is 0.684. The van der Waals surface area contributed by atoms with Gasteiger partial charge >= 0.3 is 0 Å². The lowest BCUT2D eigenvalue weighted by Gasteiger charge is -2.41. The van der Waals surface area contributed by atoms with Crippen LogP contribution in [0.1, 0.15) is 51.5 Å². The molecule has 2 fully saturated rings. The van der Waals surface area contributed by atoms with Crippen LogP contribution in [0.4, 0.5) is 0 Å². The summed E-state index contributed by atoms with van der Waals surface area (Å²) in [5, 5.41) is 3.82. The monoisotopic (exact) mass is 412 g/mol. The Hall–Kier alpha value is -0.130. The highest BCUT2D eigenvalue weighted by Crippen LogP contribution is 2.41. The van der Waals surface area contributed by atoms with Gasteiger partial charge in [-0.3, -0.25) is 4.90 Å². The third kappa shape index (κ3) is 4.24. The number of benzene rings is 1. The Bertz CT molecular complexity index is 483. The first-order chi connectivity index (χ1) is 10.4. The molecule has 2 nitrogen and oxygen atoms in total. The van der Waals surface area contributed by atoms with Crippen molar-refractivity contribution in [2.24, 2.45) is 5.92 Å². The highest BCUT2D eigenvalue weighted by atomic mass is 127. The molecule has 2 atom stereocenters. The van der Waals surface area contributed by atoms with Gasteiger partial charge in [-0.25, -0.2) is 0 Å². The summed E-state index contributed by atoms with van der Waals surface area (Å²) in [4.78, 5) is 2.63. The van der Waals surface area contributed by atoms with Crippen LogP contribution in [0.5, 0.6) is 0 Å². The summed E-state index contributed by atoms with van der Waals surface area (Å²) in [5.41, 5.74) is 1.85. The topological polar surface area (TPSA) is 15.3 Å². The van der Waals surface area contributed by atoms with Crippen LogP contribution in [0.25, 0.3) is 0 Å². The van der Waals surface area contributed by atoms with Crippen LogP contribution in [-0.4, -0.2) is 36.1 Å². The molecule has 1 aliphatic carbocycles. The average Bonchev–Trinajstić information content (AvgIpc) is 3.25. The van der Waals surface area contributed by atoms with Gasteiger partial charge < -0.3 is 5.32 Å². The molecule has 1 aliphatic heterocycles. The first kappa shape index (κ1) is 16.7. The fourth-order valence-electron chi connectivity index (χ4n) is 3.62. The van der Waals surface area contributed by atoms with Gasteiger partial charge in [-0.1, -0.05) is 12.1 Å². The second-order valence-corrected chi connectivity index (χ2v) is 9.26. The van der Waals surface area contributed by atoms with E-state index in [4.69, 9.17) is 0 Å². The van der Waals surface area contributed by atoms with E-state index >= 15 is 0 Å². The predicted molar refractivity (Wildman–Crippen MR) is 102 cm³/mol. The molecular formula is C19H29IN2. The maximum absolute atomic E-state index is 3.82. The average molecular weight is 412 g/mol. The minimum absolute atomic E-state index is 0.338. The number of nitrogens with one attached hydrogen (secondary N) is 1. The van der Waals surface area contributed by atoms with Gasteiger partial charge in [0.1, 0.15) is 0 Å². The molecule has 0 aromatic heterocycles. The van der Waals surface area contributed by atoms with Gasteiger partial charge in [0.25, 0.3) is 0 Å². The number of hydrogen-bond acceptors (Lipinski definition) is 2. The van der Waals surface area contributed by atoms with E-state index in [9.17, 15) is 0 Å². The summed E-state index contributed by atoms with van der Waals surface area (Å²) in [6.07, 6.45) is 4.03. The van der Waals surface area contributed by atoms with Crippen LogP contribution < -0.4 is 5.32 Å². The Morgan fingerprint density at radius 2 is 1.77 bits per heavy atom. The quantitative estimate of drug-likeness (QED) is 0.744. The van der Waals surface area contributed by atoms with Crippen molar-refractivity contribution in [2.45, 2.75) is 57.5 Å². The van der Waals surface area contributed by atoms with Crippen molar-refractivity contribution in [1.29, 1.82) is 0 Å². The predicted octanol–water partition coefficient (Wildman–Crippen LogP) is 4.25. The smallest absolute Gasteiger partial charge is 0.0143 e. The van der Waals surface area contributed by atoms with E-state index in [0.29, 0.717) is 5.54 Å². The van der Waals surface area contributed by atoms with Gasteiger partial charge in [-0.2, -0.15) is 0 Å². The summed E-state index contributed by atoms with van der Waals surface area (Å²) in [5.74, 6) is 1.63. The Kier molecular flexibility index (Phi) is 5.15. The lowest BCUT2D eigenvalue weighted by atomic mass is 9.93. The third-order valence-electron chi connectivity index (χ3n) is 5.32. The van der Waals surface area contributed by atoms with Crippen LogP contribution in [0.3, 0.4) is 0 Å². The van der Waals surface area contributed by atoms with E-state index in [1.165, 1.54) is 48.0 Å². The maximum atomic E-state index is 3.82. The molecule has 0 amide bonds. The molecule has 3 rings (SSSR count). The van der Waals surface area contributed by atoms with Crippen molar-refractivity contribution >= 4 is 22.6 Å². The molecule has 0 unspecified atom stereocenters. The molecule has 0 bridgehead atoms. The molecule has 0 spiro atoms. The first-order valence-electron chi connectivity index (χ1n) is 8.67. The Morgan fingerprint density at radius 3 is 2.36 bits per heavy atom. The molecule has 1 saturated carbocycles. The van der Waals surface area contributed by atoms with Gasteiger partial charge in [-0.15, -0.1) is 0 Å². The Morgan fingerprint density at radius 1 is 1.14 bits per heavy atom. The second-order valence-electron chi connectivity index (χ2n) is 8.01. The molecule has 2 aliphatic rings. The number of hydrogen-bond donors (Lipinski definition) is 1. The lowest BCUT2D eigenvalue weighted by molar-refractivity contribution is 0.0872. The normalized spacial score (nSPS) is 27.1. The van der Waals surface area contributed by atoms with E-state index in [-0.39, 0.29) is 0 Å². The molecule has 0 radical (unpaired) electrons. The van der Waals surface area contributed by atoms with Crippen molar-refractivity contribution in [2.75, 3.05) is 19.6 Å². The van der Waals surface area contributed by atoms with Crippen LogP contribution in [0.2, 0.25) is 0 Å².